The van der Waals surface area contributed by atoms with Crippen LogP contribution in [0.5, 0.6) is 5.75 Å². The summed E-state index contributed by atoms with van der Waals surface area (Å²) < 4.78 is 5.62. The number of ether oxygens (including phenoxy) is 1. The molecule has 0 aliphatic carbocycles. The summed E-state index contributed by atoms with van der Waals surface area (Å²) in [7, 11) is 0. The Balaban J connectivity index is 2.00. The van der Waals surface area contributed by atoms with Crippen molar-refractivity contribution in [2.24, 2.45) is 0 Å². The molecule has 1 aromatic carbocycles. The van der Waals surface area contributed by atoms with Gasteiger partial charge in [0, 0.05) is 17.1 Å². The molecule has 1 aromatic rings. The summed E-state index contributed by atoms with van der Waals surface area (Å²) in [5.41, 5.74) is 0.880. The third kappa shape index (κ3) is 4.53. The van der Waals surface area contributed by atoms with Crippen molar-refractivity contribution < 1.29 is 19.4 Å². The number of urea groups is 1. The topological polar surface area (TPSA) is 87.7 Å². The molecule has 0 saturated carbocycles. The Morgan fingerprint density at radius 1 is 1.43 bits per heavy atom. The molecule has 0 aromatic heterocycles. The number of carbonyl (C=O) groups is 2. The van der Waals surface area contributed by atoms with Gasteiger partial charge in [-0.1, -0.05) is 17.7 Å². The van der Waals surface area contributed by atoms with Crippen LogP contribution in [0.1, 0.15) is 30.9 Å². The van der Waals surface area contributed by atoms with Crippen LogP contribution in [-0.2, 0) is 4.79 Å². The zero-order chi connectivity index (χ0) is 15.2. The number of aliphatic carboxylic acids is 1. The standard InChI is InChI=1S/C14H17ClN2O4/c15-9-3-4-10-11(2-1-7-21-12(10)8-9)17-14(20)16-6-5-13(18)19/h3-4,8,11H,1-2,5-7H2,(H,18,19)(H2,16,17,20). The first-order valence-electron chi connectivity index (χ1n) is 6.74. The fraction of sp³-hybridized carbons (Fsp3) is 0.429. The van der Waals surface area contributed by atoms with Gasteiger partial charge in [-0.3, -0.25) is 4.79 Å². The second kappa shape index (κ2) is 7.17. The van der Waals surface area contributed by atoms with E-state index >= 15 is 0 Å². The maximum absolute atomic E-state index is 11.8. The second-order valence-corrected chi connectivity index (χ2v) is 5.21. The van der Waals surface area contributed by atoms with Crippen LogP contribution >= 0.6 is 11.6 Å². The number of amides is 2. The molecule has 0 fully saturated rings. The van der Waals surface area contributed by atoms with E-state index in [0.717, 1.165) is 18.4 Å². The molecule has 1 unspecified atom stereocenters. The predicted octanol–water partition coefficient (Wildman–Crippen LogP) is 2.33. The van der Waals surface area contributed by atoms with Crippen molar-refractivity contribution in [2.45, 2.75) is 25.3 Å². The zero-order valence-corrected chi connectivity index (χ0v) is 12.2. The molecule has 21 heavy (non-hydrogen) atoms. The molecule has 114 valence electrons. The number of nitrogens with one attached hydrogen (secondary N) is 2. The van der Waals surface area contributed by atoms with E-state index in [4.69, 9.17) is 21.4 Å². The van der Waals surface area contributed by atoms with Crippen LogP contribution in [0.15, 0.2) is 18.2 Å². The summed E-state index contributed by atoms with van der Waals surface area (Å²) in [6.45, 7) is 0.671. The van der Waals surface area contributed by atoms with Crippen LogP contribution in [-0.4, -0.2) is 30.3 Å². The monoisotopic (exact) mass is 312 g/mol. The number of rotatable bonds is 4. The van der Waals surface area contributed by atoms with Gasteiger partial charge in [0.25, 0.3) is 0 Å². The van der Waals surface area contributed by atoms with Gasteiger partial charge in [-0.2, -0.15) is 0 Å². The van der Waals surface area contributed by atoms with Gasteiger partial charge >= 0.3 is 12.0 Å². The summed E-state index contributed by atoms with van der Waals surface area (Å²) in [5.74, 6) is -0.269. The molecule has 0 bridgehead atoms. The highest BCUT2D eigenvalue weighted by atomic mass is 35.5. The van der Waals surface area contributed by atoms with E-state index in [0.29, 0.717) is 17.4 Å². The molecular formula is C14H17ClN2O4. The normalized spacial score (nSPS) is 17.1. The Labute approximate surface area is 127 Å². The lowest BCUT2D eigenvalue weighted by Crippen LogP contribution is -2.38. The third-order valence-electron chi connectivity index (χ3n) is 3.18. The van der Waals surface area contributed by atoms with Crippen molar-refractivity contribution in [3.63, 3.8) is 0 Å². The van der Waals surface area contributed by atoms with Crippen molar-refractivity contribution in [2.75, 3.05) is 13.2 Å². The molecule has 0 radical (unpaired) electrons. The summed E-state index contributed by atoms with van der Waals surface area (Å²) in [6.07, 6.45) is 1.46. The minimum atomic E-state index is -0.946. The Bertz CT molecular complexity index is 536. The molecule has 1 aliphatic heterocycles. The van der Waals surface area contributed by atoms with Crippen LogP contribution in [0, 0.1) is 0 Å². The second-order valence-electron chi connectivity index (χ2n) is 4.77. The Morgan fingerprint density at radius 2 is 2.24 bits per heavy atom. The largest absolute Gasteiger partial charge is 0.493 e. The van der Waals surface area contributed by atoms with E-state index in [1.807, 2.05) is 6.07 Å². The summed E-state index contributed by atoms with van der Waals surface area (Å²) in [6, 6.07) is 4.77. The maximum atomic E-state index is 11.8. The lowest BCUT2D eigenvalue weighted by atomic mass is 10.0. The van der Waals surface area contributed by atoms with E-state index in [2.05, 4.69) is 10.6 Å². The number of hydrogen-bond donors (Lipinski definition) is 3. The minimum absolute atomic E-state index is 0.0951. The van der Waals surface area contributed by atoms with Crippen LogP contribution in [0.25, 0.3) is 0 Å². The molecular weight excluding hydrogens is 296 g/mol. The Kier molecular flexibility index (Phi) is 5.27. The maximum Gasteiger partial charge on any atom is 0.315 e. The van der Waals surface area contributed by atoms with Crippen molar-refractivity contribution in [1.82, 2.24) is 10.6 Å². The van der Waals surface area contributed by atoms with E-state index in [1.54, 1.807) is 12.1 Å². The molecule has 1 aliphatic rings. The number of carboxylic acid groups (broad SMARTS) is 1. The van der Waals surface area contributed by atoms with Gasteiger partial charge in [-0.15, -0.1) is 0 Å². The summed E-state index contributed by atoms with van der Waals surface area (Å²) in [4.78, 5) is 22.2. The zero-order valence-electron chi connectivity index (χ0n) is 11.4. The molecule has 2 rings (SSSR count). The van der Waals surface area contributed by atoms with Crippen molar-refractivity contribution in [3.05, 3.63) is 28.8 Å². The van der Waals surface area contributed by atoms with Crippen molar-refractivity contribution in [3.8, 4) is 5.75 Å². The van der Waals surface area contributed by atoms with E-state index in [-0.39, 0.29) is 25.0 Å². The van der Waals surface area contributed by atoms with Gasteiger partial charge in [0.1, 0.15) is 5.75 Å². The summed E-state index contributed by atoms with van der Waals surface area (Å²) >= 11 is 5.95. The first-order chi connectivity index (χ1) is 10.1. The lowest BCUT2D eigenvalue weighted by molar-refractivity contribution is -0.136. The number of carbonyl (C=O) groups excluding carboxylic acids is 1. The van der Waals surface area contributed by atoms with Gasteiger partial charge in [0.2, 0.25) is 0 Å². The molecule has 6 nitrogen and oxygen atoms in total. The van der Waals surface area contributed by atoms with Gasteiger partial charge in [0.15, 0.2) is 0 Å². The van der Waals surface area contributed by atoms with Crippen LogP contribution in [0.3, 0.4) is 0 Å². The molecule has 0 saturated heterocycles. The first-order valence-corrected chi connectivity index (χ1v) is 7.12. The van der Waals surface area contributed by atoms with Crippen molar-refractivity contribution >= 4 is 23.6 Å². The third-order valence-corrected chi connectivity index (χ3v) is 3.41. The fourth-order valence-electron chi connectivity index (χ4n) is 2.19. The lowest BCUT2D eigenvalue weighted by Gasteiger charge is -2.18. The van der Waals surface area contributed by atoms with Gasteiger partial charge in [-0.05, 0) is 25.0 Å². The minimum Gasteiger partial charge on any atom is -0.493 e. The highest BCUT2D eigenvalue weighted by Gasteiger charge is 2.21. The van der Waals surface area contributed by atoms with Gasteiger partial charge < -0.3 is 20.5 Å². The first kappa shape index (κ1) is 15.4. The van der Waals surface area contributed by atoms with E-state index in [1.165, 1.54) is 0 Å². The molecule has 7 heteroatoms. The smallest absolute Gasteiger partial charge is 0.315 e. The molecule has 2 amide bonds. The highest BCUT2D eigenvalue weighted by Crippen LogP contribution is 2.33. The Hall–Kier alpha value is -1.95. The predicted molar refractivity (Wildman–Crippen MR) is 77.7 cm³/mol. The molecule has 1 atom stereocenters. The highest BCUT2D eigenvalue weighted by molar-refractivity contribution is 6.30. The van der Waals surface area contributed by atoms with Crippen LogP contribution in [0.4, 0.5) is 4.79 Å². The van der Waals surface area contributed by atoms with E-state index in [9.17, 15) is 9.59 Å². The number of benzene rings is 1. The SMILES string of the molecule is O=C(O)CCNC(=O)NC1CCCOc2cc(Cl)ccc21. The summed E-state index contributed by atoms with van der Waals surface area (Å²) in [5, 5.41) is 14.5. The quantitative estimate of drug-likeness (QED) is 0.796. The van der Waals surface area contributed by atoms with Crippen molar-refractivity contribution in [1.29, 1.82) is 0 Å². The average molecular weight is 313 g/mol. The van der Waals surface area contributed by atoms with Gasteiger partial charge in [0.05, 0.1) is 19.1 Å². The number of halogens is 1. The Morgan fingerprint density at radius 3 is 3.00 bits per heavy atom. The van der Waals surface area contributed by atoms with Gasteiger partial charge in [-0.25, -0.2) is 4.79 Å². The fourth-order valence-corrected chi connectivity index (χ4v) is 2.35. The average Bonchev–Trinajstić information content (AvgIpc) is 2.60. The number of hydrogen-bond acceptors (Lipinski definition) is 3. The van der Waals surface area contributed by atoms with Crippen LogP contribution < -0.4 is 15.4 Å². The van der Waals surface area contributed by atoms with E-state index < -0.39 is 5.97 Å². The molecule has 1 heterocycles. The number of carboxylic acids is 1. The van der Waals surface area contributed by atoms with Crippen LogP contribution in [0.2, 0.25) is 5.02 Å². The number of fused-ring (bicyclic) bond motifs is 1. The molecule has 3 N–H and O–H groups in total. The molecule has 0 spiro atoms.